The summed E-state index contributed by atoms with van der Waals surface area (Å²) in [7, 11) is 0. The third-order valence-electron chi connectivity index (χ3n) is 6.60. The number of anilines is 1. The molecule has 2 N–H and O–H groups in total. The Kier molecular flexibility index (Phi) is 4.96. The number of carbonyl (C=O) groups excluding carboxylic acids is 1. The number of fused-ring (bicyclic) bond motifs is 1. The zero-order valence-corrected chi connectivity index (χ0v) is 19.1. The summed E-state index contributed by atoms with van der Waals surface area (Å²) >= 11 is 0. The van der Waals surface area contributed by atoms with E-state index in [1.165, 1.54) is 0 Å². The lowest BCUT2D eigenvalue weighted by atomic mass is 9.69. The van der Waals surface area contributed by atoms with Gasteiger partial charge in [-0.1, -0.05) is 74.0 Å². The van der Waals surface area contributed by atoms with Gasteiger partial charge in [-0.25, -0.2) is 4.79 Å². The molecule has 0 spiro atoms. The van der Waals surface area contributed by atoms with E-state index in [1.54, 1.807) is 4.57 Å². The topological polar surface area (TPSA) is 84.0 Å². The molecule has 0 unspecified atom stereocenters. The quantitative estimate of drug-likeness (QED) is 0.641. The highest BCUT2D eigenvalue weighted by Gasteiger charge is 2.42. The minimum atomic E-state index is -0.521. The van der Waals surface area contributed by atoms with Gasteiger partial charge in [-0.05, 0) is 29.9 Å². The molecule has 0 saturated carbocycles. The Morgan fingerprint density at radius 1 is 0.970 bits per heavy atom. The molecule has 0 amide bonds. The van der Waals surface area contributed by atoms with Gasteiger partial charge < -0.3 is 5.32 Å². The molecular weight excluding hydrogens is 414 g/mol. The predicted molar refractivity (Wildman–Crippen MR) is 129 cm³/mol. The fraction of sp³-hybridized carbons (Fsp3) is 0.296. The highest BCUT2D eigenvalue weighted by atomic mass is 16.2. The van der Waals surface area contributed by atoms with Crippen LogP contribution in [-0.4, -0.2) is 15.3 Å². The molecule has 2 aromatic carbocycles. The lowest BCUT2D eigenvalue weighted by molar-refractivity contribution is -0.118. The summed E-state index contributed by atoms with van der Waals surface area (Å²) in [5.74, 6) is -0.000522. The molecule has 3 aromatic rings. The van der Waals surface area contributed by atoms with Gasteiger partial charge in [-0.15, -0.1) is 0 Å². The monoisotopic (exact) mass is 441 g/mol. The summed E-state index contributed by atoms with van der Waals surface area (Å²) in [6.07, 6.45) is 1.09. The van der Waals surface area contributed by atoms with Crippen LogP contribution in [0.15, 0.2) is 75.5 Å². The molecule has 2 heterocycles. The summed E-state index contributed by atoms with van der Waals surface area (Å²) in [6, 6.07) is 17.6. The van der Waals surface area contributed by atoms with E-state index in [1.807, 2.05) is 61.5 Å². The third kappa shape index (κ3) is 3.75. The van der Waals surface area contributed by atoms with E-state index in [9.17, 15) is 14.4 Å². The first-order valence-electron chi connectivity index (χ1n) is 11.2. The van der Waals surface area contributed by atoms with Crippen LogP contribution in [0, 0.1) is 12.3 Å². The normalized spacial score (nSPS) is 19.0. The summed E-state index contributed by atoms with van der Waals surface area (Å²) in [4.78, 5) is 42.0. The number of hydrogen-bond acceptors (Lipinski definition) is 4. The second-order valence-electron chi connectivity index (χ2n) is 9.90. The number of aromatic nitrogens is 2. The van der Waals surface area contributed by atoms with Crippen molar-refractivity contribution in [3.63, 3.8) is 0 Å². The number of aromatic amines is 1. The van der Waals surface area contributed by atoms with Gasteiger partial charge in [0.15, 0.2) is 5.78 Å². The van der Waals surface area contributed by atoms with Crippen LogP contribution < -0.4 is 16.6 Å². The van der Waals surface area contributed by atoms with Crippen LogP contribution in [0.1, 0.15) is 54.9 Å². The van der Waals surface area contributed by atoms with E-state index >= 15 is 0 Å². The Balaban J connectivity index is 1.77. The second kappa shape index (κ2) is 7.73. The maximum atomic E-state index is 13.4. The SMILES string of the molecule is Cc1ccc([C@H]2C3=C(CC(C)(C)CC3=O)Nc3c2c(=O)[nH]c(=O)n3Cc2ccccc2)cc1. The average molecular weight is 442 g/mol. The highest BCUT2D eigenvalue weighted by molar-refractivity contribution is 6.01. The number of carbonyl (C=O) groups is 1. The van der Waals surface area contributed by atoms with Gasteiger partial charge in [0, 0.05) is 23.6 Å². The van der Waals surface area contributed by atoms with E-state index in [4.69, 9.17) is 0 Å². The second-order valence-corrected chi connectivity index (χ2v) is 9.90. The maximum Gasteiger partial charge on any atom is 0.330 e. The molecule has 6 nitrogen and oxygen atoms in total. The van der Waals surface area contributed by atoms with Crippen LogP contribution in [-0.2, 0) is 11.3 Å². The number of ketones is 1. The molecule has 0 fully saturated rings. The first kappa shape index (κ1) is 21.2. The summed E-state index contributed by atoms with van der Waals surface area (Å²) in [5, 5.41) is 3.37. The molecule has 1 atom stereocenters. The Hall–Kier alpha value is -3.67. The number of rotatable bonds is 3. The first-order valence-corrected chi connectivity index (χ1v) is 11.2. The van der Waals surface area contributed by atoms with E-state index in [-0.39, 0.29) is 11.2 Å². The van der Waals surface area contributed by atoms with Gasteiger partial charge in [-0.2, -0.15) is 0 Å². The lowest BCUT2D eigenvalue weighted by Crippen LogP contribution is -2.42. The Labute approximate surface area is 192 Å². The van der Waals surface area contributed by atoms with Crippen LogP contribution in [0.3, 0.4) is 0 Å². The molecule has 0 saturated heterocycles. The predicted octanol–water partition coefficient (Wildman–Crippen LogP) is 4.09. The van der Waals surface area contributed by atoms with E-state index < -0.39 is 17.2 Å². The number of benzene rings is 2. The molecule has 1 aliphatic heterocycles. The third-order valence-corrected chi connectivity index (χ3v) is 6.60. The number of hydrogen-bond donors (Lipinski definition) is 2. The van der Waals surface area contributed by atoms with Gasteiger partial charge in [0.25, 0.3) is 5.56 Å². The number of nitrogens with one attached hydrogen (secondary N) is 2. The maximum absolute atomic E-state index is 13.4. The van der Waals surface area contributed by atoms with Crippen molar-refractivity contribution in [3.05, 3.63) is 109 Å². The molecule has 1 aliphatic carbocycles. The van der Waals surface area contributed by atoms with Crippen molar-refractivity contribution in [2.24, 2.45) is 5.41 Å². The van der Waals surface area contributed by atoms with Crippen LogP contribution in [0.25, 0.3) is 0 Å². The standard InChI is InChI=1S/C27H27N3O3/c1-16-9-11-18(12-10-16)21-22-19(13-27(2,3)14-20(22)31)28-24-23(21)25(32)29-26(33)30(24)15-17-7-5-4-6-8-17/h4-12,21,28H,13-15H2,1-3H3,(H,29,32,33)/t21-/m0/s1. The average Bonchev–Trinajstić information content (AvgIpc) is 2.76. The molecule has 6 heteroatoms. The number of allylic oxidation sites excluding steroid dienone is 2. The van der Waals surface area contributed by atoms with Gasteiger partial charge >= 0.3 is 5.69 Å². The fourth-order valence-electron chi connectivity index (χ4n) is 5.07. The zero-order chi connectivity index (χ0) is 23.3. The minimum Gasteiger partial charge on any atom is -0.344 e. The number of nitrogens with zero attached hydrogens (tertiary/aromatic N) is 1. The molecule has 33 heavy (non-hydrogen) atoms. The summed E-state index contributed by atoms with van der Waals surface area (Å²) < 4.78 is 1.57. The fourth-order valence-corrected chi connectivity index (χ4v) is 5.07. The van der Waals surface area contributed by atoms with Crippen LogP contribution in [0.4, 0.5) is 5.82 Å². The Morgan fingerprint density at radius 3 is 2.36 bits per heavy atom. The lowest BCUT2D eigenvalue weighted by Gasteiger charge is -2.39. The Morgan fingerprint density at radius 2 is 1.67 bits per heavy atom. The molecule has 5 rings (SSSR count). The van der Waals surface area contributed by atoms with Crippen molar-refractivity contribution < 1.29 is 4.79 Å². The molecular formula is C27H27N3O3. The van der Waals surface area contributed by atoms with Gasteiger partial charge in [0.2, 0.25) is 0 Å². The Bertz CT molecular complexity index is 1390. The molecule has 1 aromatic heterocycles. The van der Waals surface area contributed by atoms with Crippen molar-refractivity contribution in [3.8, 4) is 0 Å². The van der Waals surface area contributed by atoms with E-state index in [0.29, 0.717) is 36.3 Å². The van der Waals surface area contributed by atoms with Crippen molar-refractivity contribution in [1.29, 1.82) is 0 Å². The van der Waals surface area contributed by atoms with Gasteiger partial charge in [0.05, 0.1) is 12.1 Å². The van der Waals surface area contributed by atoms with Crippen molar-refractivity contribution in [2.45, 2.75) is 46.1 Å². The highest BCUT2D eigenvalue weighted by Crippen LogP contribution is 2.47. The zero-order valence-electron chi connectivity index (χ0n) is 19.1. The molecule has 0 radical (unpaired) electrons. The number of H-pyrrole nitrogens is 1. The summed E-state index contributed by atoms with van der Waals surface area (Å²) in [5.41, 5.74) is 3.65. The van der Waals surface area contributed by atoms with Gasteiger partial charge in [0.1, 0.15) is 5.82 Å². The van der Waals surface area contributed by atoms with Crippen LogP contribution in [0.2, 0.25) is 0 Å². The van der Waals surface area contributed by atoms with Crippen LogP contribution >= 0.6 is 0 Å². The van der Waals surface area contributed by atoms with Crippen molar-refractivity contribution in [1.82, 2.24) is 9.55 Å². The number of Topliss-reactive ketones (excluding diaryl/α,β-unsaturated/α-hetero) is 1. The number of aryl methyl sites for hydroxylation is 1. The van der Waals surface area contributed by atoms with Gasteiger partial charge in [-0.3, -0.25) is 19.1 Å². The first-order chi connectivity index (χ1) is 15.7. The molecule has 168 valence electrons. The molecule has 0 bridgehead atoms. The van der Waals surface area contributed by atoms with E-state index in [2.05, 4.69) is 24.1 Å². The summed E-state index contributed by atoms with van der Waals surface area (Å²) in [6.45, 7) is 6.46. The van der Waals surface area contributed by atoms with Crippen molar-refractivity contribution in [2.75, 3.05) is 5.32 Å². The molecule has 2 aliphatic rings. The largest absolute Gasteiger partial charge is 0.344 e. The van der Waals surface area contributed by atoms with Crippen LogP contribution in [0.5, 0.6) is 0 Å². The van der Waals surface area contributed by atoms with E-state index in [0.717, 1.165) is 22.4 Å². The van der Waals surface area contributed by atoms with Crippen molar-refractivity contribution >= 4 is 11.6 Å². The minimum absolute atomic E-state index is 0.0465. The smallest absolute Gasteiger partial charge is 0.330 e.